The average molecular weight is 289 g/mol. The first kappa shape index (κ1) is 15.4. The van der Waals surface area contributed by atoms with E-state index in [1.807, 2.05) is 22.9 Å². The molecule has 0 amide bonds. The highest BCUT2D eigenvalue weighted by Crippen LogP contribution is 2.31. The topological polar surface area (TPSA) is 62.3 Å². The van der Waals surface area contributed by atoms with Gasteiger partial charge in [0.15, 0.2) is 11.5 Å². The van der Waals surface area contributed by atoms with E-state index in [1.165, 1.54) is 0 Å². The van der Waals surface area contributed by atoms with Gasteiger partial charge in [-0.05, 0) is 37.1 Å². The molecule has 1 unspecified atom stereocenters. The number of nitrogens with two attached hydrogens (primary N) is 1. The molecule has 2 aromatic rings. The predicted molar refractivity (Wildman–Crippen MR) is 82.9 cm³/mol. The lowest BCUT2D eigenvalue weighted by Crippen LogP contribution is -2.17. The van der Waals surface area contributed by atoms with Crippen LogP contribution >= 0.6 is 0 Å². The Morgan fingerprint density at radius 1 is 1.14 bits per heavy atom. The number of aromatic nitrogens is 2. The van der Waals surface area contributed by atoms with Crippen LogP contribution in [0.25, 0.3) is 0 Å². The minimum atomic E-state index is -0.238. The number of nitrogens with zero attached hydrogens (tertiary/aromatic N) is 2. The number of benzene rings is 1. The molecule has 0 saturated carbocycles. The summed E-state index contributed by atoms with van der Waals surface area (Å²) in [5.41, 5.74) is 9.47. The van der Waals surface area contributed by atoms with Gasteiger partial charge in [-0.3, -0.25) is 4.68 Å². The molecule has 0 aliphatic rings. The summed E-state index contributed by atoms with van der Waals surface area (Å²) in [6.07, 6.45) is 0.901. The first-order chi connectivity index (χ1) is 10.1. The number of aryl methyl sites for hydroxylation is 2. The van der Waals surface area contributed by atoms with Crippen molar-refractivity contribution in [1.82, 2.24) is 9.78 Å². The Labute approximate surface area is 125 Å². The van der Waals surface area contributed by atoms with E-state index >= 15 is 0 Å². The maximum atomic E-state index is 6.42. The van der Waals surface area contributed by atoms with Gasteiger partial charge >= 0.3 is 0 Å². The average Bonchev–Trinajstić information content (AvgIpc) is 2.96. The Kier molecular flexibility index (Phi) is 4.85. The molecule has 1 aromatic heterocycles. The Bertz CT molecular complexity index is 608. The molecule has 5 nitrogen and oxygen atoms in total. The van der Waals surface area contributed by atoms with Crippen LogP contribution in [0.1, 0.15) is 36.8 Å². The number of ether oxygens (including phenoxy) is 2. The fourth-order valence-corrected chi connectivity index (χ4v) is 2.38. The Hall–Kier alpha value is -2.01. The van der Waals surface area contributed by atoms with Crippen LogP contribution < -0.4 is 15.2 Å². The fraction of sp³-hybridized carbons (Fsp3) is 0.438. The third-order valence-corrected chi connectivity index (χ3v) is 3.61. The van der Waals surface area contributed by atoms with Gasteiger partial charge in [-0.1, -0.05) is 13.0 Å². The van der Waals surface area contributed by atoms with Crippen LogP contribution in [0.15, 0.2) is 24.3 Å². The maximum absolute atomic E-state index is 6.42. The lowest BCUT2D eigenvalue weighted by atomic mass is 10.0. The van der Waals surface area contributed by atoms with E-state index < -0.39 is 0 Å². The SMILES string of the molecule is CCc1cc(C(N)c2ccc(OC)c(OC)c2)n(CC)n1. The molecule has 21 heavy (non-hydrogen) atoms. The Morgan fingerprint density at radius 2 is 1.86 bits per heavy atom. The zero-order valence-corrected chi connectivity index (χ0v) is 13.1. The van der Waals surface area contributed by atoms with Gasteiger partial charge in [-0.2, -0.15) is 5.10 Å². The van der Waals surface area contributed by atoms with Crippen LogP contribution in [-0.4, -0.2) is 24.0 Å². The first-order valence-electron chi connectivity index (χ1n) is 7.18. The smallest absolute Gasteiger partial charge is 0.161 e. The molecule has 1 atom stereocenters. The molecule has 2 rings (SSSR count). The fourth-order valence-electron chi connectivity index (χ4n) is 2.38. The van der Waals surface area contributed by atoms with E-state index in [0.29, 0.717) is 11.5 Å². The molecule has 0 saturated heterocycles. The van der Waals surface area contributed by atoms with Crippen LogP contribution in [0.4, 0.5) is 0 Å². The molecule has 0 spiro atoms. The summed E-state index contributed by atoms with van der Waals surface area (Å²) in [5, 5.41) is 4.55. The Morgan fingerprint density at radius 3 is 2.43 bits per heavy atom. The van der Waals surface area contributed by atoms with E-state index in [-0.39, 0.29) is 6.04 Å². The van der Waals surface area contributed by atoms with E-state index in [4.69, 9.17) is 15.2 Å². The Balaban J connectivity index is 2.39. The van der Waals surface area contributed by atoms with Crippen molar-refractivity contribution in [3.63, 3.8) is 0 Å². The van der Waals surface area contributed by atoms with Crippen LogP contribution in [0.5, 0.6) is 11.5 Å². The molecular formula is C16H23N3O2. The zero-order valence-electron chi connectivity index (χ0n) is 13.1. The standard InChI is InChI=1S/C16H23N3O2/c1-5-12-10-13(19(6-2)18-12)16(17)11-7-8-14(20-3)15(9-11)21-4/h7-10,16H,5-6,17H2,1-4H3. The van der Waals surface area contributed by atoms with Crippen molar-refractivity contribution >= 4 is 0 Å². The van der Waals surface area contributed by atoms with Crippen molar-refractivity contribution in [3.05, 3.63) is 41.2 Å². The highest BCUT2D eigenvalue weighted by Gasteiger charge is 2.17. The van der Waals surface area contributed by atoms with Gasteiger partial charge < -0.3 is 15.2 Å². The van der Waals surface area contributed by atoms with Gasteiger partial charge in [-0.15, -0.1) is 0 Å². The summed E-state index contributed by atoms with van der Waals surface area (Å²) in [7, 11) is 3.25. The summed E-state index contributed by atoms with van der Waals surface area (Å²) in [4.78, 5) is 0. The van der Waals surface area contributed by atoms with Crippen LogP contribution in [-0.2, 0) is 13.0 Å². The summed E-state index contributed by atoms with van der Waals surface area (Å²) >= 11 is 0. The lowest BCUT2D eigenvalue weighted by molar-refractivity contribution is 0.354. The van der Waals surface area contributed by atoms with E-state index in [0.717, 1.165) is 29.9 Å². The summed E-state index contributed by atoms with van der Waals surface area (Å²) in [5.74, 6) is 1.38. The number of hydrogen-bond donors (Lipinski definition) is 1. The number of methoxy groups -OCH3 is 2. The van der Waals surface area contributed by atoms with Gasteiger partial charge in [0, 0.05) is 6.54 Å². The number of hydrogen-bond acceptors (Lipinski definition) is 4. The molecule has 0 bridgehead atoms. The highest BCUT2D eigenvalue weighted by molar-refractivity contribution is 5.45. The first-order valence-corrected chi connectivity index (χ1v) is 7.18. The van der Waals surface area contributed by atoms with E-state index in [1.54, 1.807) is 14.2 Å². The van der Waals surface area contributed by atoms with Crippen molar-refractivity contribution < 1.29 is 9.47 Å². The van der Waals surface area contributed by atoms with Gasteiger partial charge in [0.1, 0.15) is 0 Å². The van der Waals surface area contributed by atoms with Gasteiger partial charge in [-0.25, -0.2) is 0 Å². The minimum absolute atomic E-state index is 0.238. The third-order valence-electron chi connectivity index (χ3n) is 3.61. The third kappa shape index (κ3) is 3.03. The van der Waals surface area contributed by atoms with Crippen molar-refractivity contribution in [2.24, 2.45) is 5.73 Å². The lowest BCUT2D eigenvalue weighted by Gasteiger charge is -2.16. The molecule has 2 N–H and O–H groups in total. The second-order valence-electron chi connectivity index (χ2n) is 4.82. The molecule has 1 heterocycles. The molecule has 0 radical (unpaired) electrons. The summed E-state index contributed by atoms with van der Waals surface area (Å²) in [6, 6.07) is 7.59. The largest absolute Gasteiger partial charge is 0.493 e. The molecule has 5 heteroatoms. The molecular weight excluding hydrogens is 266 g/mol. The van der Waals surface area contributed by atoms with Crippen LogP contribution in [0.2, 0.25) is 0 Å². The second kappa shape index (κ2) is 6.63. The maximum Gasteiger partial charge on any atom is 0.161 e. The second-order valence-corrected chi connectivity index (χ2v) is 4.82. The molecule has 0 aliphatic heterocycles. The van der Waals surface area contributed by atoms with Crippen molar-refractivity contribution in [3.8, 4) is 11.5 Å². The molecule has 0 aliphatic carbocycles. The summed E-state index contributed by atoms with van der Waals surface area (Å²) in [6.45, 7) is 4.96. The normalized spacial score (nSPS) is 12.2. The minimum Gasteiger partial charge on any atom is -0.493 e. The van der Waals surface area contributed by atoms with Crippen molar-refractivity contribution in [1.29, 1.82) is 0 Å². The van der Waals surface area contributed by atoms with Gasteiger partial charge in [0.05, 0.1) is 31.6 Å². The van der Waals surface area contributed by atoms with Gasteiger partial charge in [0.25, 0.3) is 0 Å². The predicted octanol–water partition coefficient (Wildman–Crippen LogP) is 2.53. The van der Waals surface area contributed by atoms with E-state index in [9.17, 15) is 0 Å². The van der Waals surface area contributed by atoms with Gasteiger partial charge in [0.2, 0.25) is 0 Å². The zero-order chi connectivity index (χ0) is 15.4. The highest BCUT2D eigenvalue weighted by atomic mass is 16.5. The van der Waals surface area contributed by atoms with Crippen molar-refractivity contribution in [2.75, 3.05) is 14.2 Å². The van der Waals surface area contributed by atoms with Crippen LogP contribution in [0.3, 0.4) is 0 Å². The molecule has 0 fully saturated rings. The summed E-state index contributed by atoms with van der Waals surface area (Å²) < 4.78 is 12.6. The number of rotatable bonds is 6. The quantitative estimate of drug-likeness (QED) is 0.887. The van der Waals surface area contributed by atoms with Crippen molar-refractivity contribution in [2.45, 2.75) is 32.9 Å². The monoisotopic (exact) mass is 289 g/mol. The molecule has 1 aromatic carbocycles. The van der Waals surface area contributed by atoms with E-state index in [2.05, 4.69) is 25.0 Å². The molecule has 114 valence electrons. The van der Waals surface area contributed by atoms with Crippen LogP contribution in [0, 0.1) is 0 Å².